The number of hydrogen-bond donors (Lipinski definition) is 0. The van der Waals surface area contributed by atoms with E-state index < -0.39 is 25.8 Å². The van der Waals surface area contributed by atoms with Crippen LogP contribution in [0.5, 0.6) is 6.01 Å². The fourth-order valence-electron chi connectivity index (χ4n) is 0.440. The summed E-state index contributed by atoms with van der Waals surface area (Å²) in [5, 5.41) is 0. The number of rotatable bonds is 3. The van der Waals surface area contributed by atoms with Gasteiger partial charge in [-0.3, -0.25) is 0 Å². The van der Waals surface area contributed by atoms with E-state index in [4.69, 9.17) is 9.60 Å². The number of halogens is 1. The first-order valence-electron chi connectivity index (χ1n) is 6.15. The van der Waals surface area contributed by atoms with Gasteiger partial charge < -0.3 is 4.74 Å². The molecule has 0 amide bonds. The van der Waals surface area contributed by atoms with Crippen LogP contribution in [-0.2, 0) is 0 Å². The highest BCUT2D eigenvalue weighted by Gasteiger charge is 1.95. The molecule has 0 fully saturated rings. The van der Waals surface area contributed by atoms with Gasteiger partial charge in [-0.15, -0.1) is 0 Å². The first-order valence-corrected chi connectivity index (χ1v) is 3.44. The predicted octanol–water partition coefficient (Wildman–Crippen LogP) is 2.03. The topological polar surface area (TPSA) is 35.0 Å². The summed E-state index contributed by atoms with van der Waals surface area (Å²) in [4.78, 5) is 7.21. The van der Waals surface area contributed by atoms with Crippen molar-refractivity contribution in [2.75, 3.05) is 6.56 Å². The average Bonchev–Trinajstić information content (AvgIpc) is 2.14. The van der Waals surface area contributed by atoms with Crippen LogP contribution in [0.2, 0.25) is 0 Å². The van der Waals surface area contributed by atoms with Crippen molar-refractivity contribution in [1.82, 2.24) is 9.97 Å². The van der Waals surface area contributed by atoms with Gasteiger partial charge in [0.25, 0.3) is 0 Å². The summed E-state index contributed by atoms with van der Waals surface area (Å²) in [6.07, 6.45) is -1.95. The van der Waals surface area contributed by atoms with Crippen molar-refractivity contribution in [2.24, 2.45) is 0 Å². The smallest absolute Gasteiger partial charge is 0.317 e. The Morgan fingerprint density at radius 1 is 1.91 bits per heavy atom. The lowest BCUT2D eigenvalue weighted by Gasteiger charge is -2.00. The monoisotopic (exact) mass is 223 g/mol. The molecule has 0 spiro atoms. The third-order valence-corrected chi connectivity index (χ3v) is 1.23. The van der Waals surface area contributed by atoms with Crippen LogP contribution in [0, 0.1) is 0 Å². The van der Waals surface area contributed by atoms with Gasteiger partial charge in [0.2, 0.25) is 0 Å². The van der Waals surface area contributed by atoms with Crippen LogP contribution < -0.4 is 4.74 Å². The Labute approximate surface area is 83.8 Å². The molecule has 0 saturated carbocycles. The molecule has 0 atom stereocenters. The van der Waals surface area contributed by atoms with Crippen molar-refractivity contribution < 1.29 is 14.3 Å². The molecule has 0 saturated heterocycles. The highest BCUT2D eigenvalue weighted by Crippen LogP contribution is 2.08. The van der Waals surface area contributed by atoms with E-state index in [2.05, 4.69) is 30.6 Å². The van der Waals surface area contributed by atoms with Crippen LogP contribution in [0.3, 0.4) is 0 Å². The summed E-state index contributed by atoms with van der Waals surface area (Å²) in [5.41, 5.74) is 0. The minimum absolute atomic E-state index is 0.303. The van der Waals surface area contributed by atoms with Gasteiger partial charge in [-0.2, -0.15) is 4.98 Å². The normalized spacial score (nSPS) is 22.8. The van der Waals surface area contributed by atoms with E-state index in [-0.39, 0.29) is 0 Å². The maximum Gasteiger partial charge on any atom is 0.317 e. The minimum Gasteiger partial charge on any atom is -0.463 e. The zero-order chi connectivity index (χ0) is 14.2. The van der Waals surface area contributed by atoms with E-state index in [1.54, 1.807) is 0 Å². The second-order valence-corrected chi connectivity index (χ2v) is 2.30. The summed E-state index contributed by atoms with van der Waals surface area (Å²) >= 11 is 3.00. The van der Waals surface area contributed by atoms with Gasteiger partial charge in [0.05, 0.1) is 9.30 Å². The predicted molar refractivity (Wildman–Crippen MR) is 45.5 cm³/mol. The standard InChI is InChI=1S/C7H9BrN2O/c1-2-5-11-7-9-4-3-6(8)10-7/h3-4H,2,5H2,1H3/i1D3,2D2,5D2. The highest BCUT2D eigenvalue weighted by atomic mass is 79.9. The maximum absolute atomic E-state index is 7.41. The van der Waals surface area contributed by atoms with E-state index in [1.165, 1.54) is 12.3 Å². The molecule has 1 aromatic rings. The lowest BCUT2D eigenvalue weighted by molar-refractivity contribution is 0.291. The molecule has 4 heteroatoms. The molecule has 60 valence electrons. The van der Waals surface area contributed by atoms with E-state index in [1.807, 2.05) is 0 Å². The van der Waals surface area contributed by atoms with Crippen LogP contribution in [-0.4, -0.2) is 16.5 Å². The van der Waals surface area contributed by atoms with Gasteiger partial charge in [0.15, 0.2) is 0 Å². The zero-order valence-corrected chi connectivity index (χ0v) is 6.92. The summed E-state index contributed by atoms with van der Waals surface area (Å²) in [6, 6.07) is 1.00. The lowest BCUT2D eigenvalue weighted by atomic mass is 10.5. The van der Waals surface area contributed by atoms with Crippen LogP contribution in [0.4, 0.5) is 0 Å². The molecule has 0 N–H and O–H groups in total. The molecule has 1 heterocycles. The van der Waals surface area contributed by atoms with Crippen LogP contribution >= 0.6 is 15.9 Å². The molecular formula is C7H9BrN2O. The average molecular weight is 224 g/mol. The van der Waals surface area contributed by atoms with Crippen molar-refractivity contribution in [2.45, 2.75) is 13.2 Å². The second kappa shape index (κ2) is 4.28. The number of nitrogens with zero attached hydrogens (tertiary/aromatic N) is 2. The Balaban J connectivity index is 3.01. The van der Waals surface area contributed by atoms with Gasteiger partial charge >= 0.3 is 6.01 Å². The first-order chi connectivity index (χ1) is 7.97. The SMILES string of the molecule is [2H]C([2H])([2H])C([2H])([2H])C([2H])([2H])Oc1nccc(Br)n1. The van der Waals surface area contributed by atoms with Crippen molar-refractivity contribution in [1.29, 1.82) is 0 Å². The van der Waals surface area contributed by atoms with E-state index in [0.717, 1.165) is 0 Å². The molecule has 0 aliphatic carbocycles. The van der Waals surface area contributed by atoms with Gasteiger partial charge in [-0.05, 0) is 28.4 Å². The Morgan fingerprint density at radius 3 is 3.55 bits per heavy atom. The third-order valence-electron chi connectivity index (χ3n) is 0.793. The molecule has 0 aromatic carbocycles. The van der Waals surface area contributed by atoms with Crippen LogP contribution in [0.1, 0.15) is 22.8 Å². The Kier molecular flexibility index (Phi) is 1.17. The van der Waals surface area contributed by atoms with Crippen molar-refractivity contribution in [3.8, 4) is 6.01 Å². The summed E-state index contributed by atoms with van der Waals surface area (Å²) in [7, 11) is 0. The summed E-state index contributed by atoms with van der Waals surface area (Å²) < 4.78 is 55.3. The molecule has 0 radical (unpaired) electrons. The van der Waals surface area contributed by atoms with Gasteiger partial charge in [0.1, 0.15) is 4.60 Å². The highest BCUT2D eigenvalue weighted by molar-refractivity contribution is 9.10. The van der Waals surface area contributed by atoms with E-state index in [0.29, 0.717) is 4.60 Å². The van der Waals surface area contributed by atoms with Gasteiger partial charge in [-0.25, -0.2) is 4.98 Å². The van der Waals surface area contributed by atoms with Crippen molar-refractivity contribution in [3.63, 3.8) is 0 Å². The molecule has 3 nitrogen and oxygen atoms in total. The second-order valence-electron chi connectivity index (χ2n) is 1.49. The largest absolute Gasteiger partial charge is 0.463 e. The first kappa shape index (κ1) is 3.01. The summed E-state index contributed by atoms with van der Waals surface area (Å²) in [5.74, 6) is 0. The van der Waals surface area contributed by atoms with E-state index >= 15 is 0 Å². The van der Waals surface area contributed by atoms with Crippen molar-refractivity contribution >= 4 is 15.9 Å². The van der Waals surface area contributed by atoms with Crippen molar-refractivity contribution in [3.05, 3.63) is 16.9 Å². The molecular weight excluding hydrogens is 208 g/mol. The molecule has 11 heavy (non-hydrogen) atoms. The third kappa shape index (κ3) is 2.84. The Morgan fingerprint density at radius 2 is 2.82 bits per heavy atom. The molecule has 0 aliphatic heterocycles. The van der Waals surface area contributed by atoms with Gasteiger partial charge in [0, 0.05) is 13.1 Å². The maximum atomic E-state index is 7.41. The quantitative estimate of drug-likeness (QED) is 0.737. The minimum atomic E-state index is -3.20. The van der Waals surface area contributed by atoms with E-state index in [9.17, 15) is 0 Å². The van der Waals surface area contributed by atoms with Gasteiger partial charge in [-0.1, -0.05) is 6.85 Å². The fourth-order valence-corrected chi connectivity index (χ4v) is 0.710. The zero-order valence-electron chi connectivity index (χ0n) is 12.3. The Hall–Kier alpha value is -0.640. The Bertz CT molecular complexity index is 436. The molecule has 0 bridgehead atoms. The summed E-state index contributed by atoms with van der Waals surface area (Å²) in [6.45, 7) is -6.28. The lowest BCUT2D eigenvalue weighted by Crippen LogP contribution is -1.99. The fraction of sp³-hybridized carbons (Fsp3) is 0.429. The number of aromatic nitrogens is 2. The molecule has 1 rings (SSSR count). The molecule has 1 aromatic heterocycles. The van der Waals surface area contributed by atoms with Crippen LogP contribution in [0.25, 0.3) is 0 Å². The molecule has 0 aliphatic rings. The van der Waals surface area contributed by atoms with Crippen LogP contribution in [0.15, 0.2) is 16.9 Å². The molecule has 0 unspecified atom stereocenters. The number of hydrogen-bond acceptors (Lipinski definition) is 3. The number of ether oxygens (including phenoxy) is 1.